The Hall–Kier alpha value is -3.13. The van der Waals surface area contributed by atoms with Crippen LogP contribution in [0.4, 0.5) is 5.69 Å². The highest BCUT2D eigenvalue weighted by molar-refractivity contribution is 7.90. The molecule has 1 heterocycles. The van der Waals surface area contributed by atoms with E-state index >= 15 is 0 Å². The van der Waals surface area contributed by atoms with Crippen molar-refractivity contribution in [3.8, 4) is 5.75 Å². The minimum atomic E-state index is -3.09. The average Bonchev–Trinajstić information content (AvgIpc) is 2.98. The van der Waals surface area contributed by atoms with E-state index in [9.17, 15) is 13.2 Å². The molecule has 8 heteroatoms. The molecule has 2 aromatic carbocycles. The van der Waals surface area contributed by atoms with Crippen LogP contribution < -0.4 is 10.1 Å². The fourth-order valence-corrected chi connectivity index (χ4v) is 3.38. The summed E-state index contributed by atoms with van der Waals surface area (Å²) in [6.45, 7) is 4.60. The van der Waals surface area contributed by atoms with Gasteiger partial charge in [-0.15, -0.1) is 0 Å². The number of anilines is 1. The fourth-order valence-electron chi connectivity index (χ4n) is 3.00. The summed E-state index contributed by atoms with van der Waals surface area (Å²) in [5.41, 5.74) is 4.11. The molecule has 0 saturated carbocycles. The van der Waals surface area contributed by atoms with Crippen molar-refractivity contribution in [3.05, 3.63) is 77.1 Å². The van der Waals surface area contributed by atoms with E-state index in [1.165, 1.54) is 0 Å². The van der Waals surface area contributed by atoms with Crippen molar-refractivity contribution in [3.63, 3.8) is 0 Å². The molecule has 0 atom stereocenters. The first-order valence-electron chi connectivity index (χ1n) is 9.51. The standard InChI is InChI=1S/C22H25N3O4S/c1-16-12-17(2)25(24-16)15-18-6-4-7-19(13-18)22(26)23-20-8-5-9-21(14-20)29-10-11-30(3,27)28/h4-9,12-14H,10-11,15H2,1-3H3,(H,23,26). The SMILES string of the molecule is Cc1cc(C)n(Cc2cccc(C(=O)Nc3cccc(OCCS(C)(=O)=O)c3)c2)n1. The predicted molar refractivity (Wildman–Crippen MR) is 117 cm³/mol. The van der Waals surface area contributed by atoms with Crippen molar-refractivity contribution in [2.24, 2.45) is 0 Å². The van der Waals surface area contributed by atoms with Gasteiger partial charge in [-0.2, -0.15) is 5.10 Å². The molecule has 1 aromatic heterocycles. The number of nitrogens with one attached hydrogen (secondary N) is 1. The van der Waals surface area contributed by atoms with Crippen molar-refractivity contribution in [2.45, 2.75) is 20.4 Å². The van der Waals surface area contributed by atoms with Crippen molar-refractivity contribution < 1.29 is 17.9 Å². The van der Waals surface area contributed by atoms with Crippen molar-refractivity contribution in [1.82, 2.24) is 9.78 Å². The summed E-state index contributed by atoms with van der Waals surface area (Å²) < 4.78 is 29.8. The fraction of sp³-hybridized carbons (Fsp3) is 0.273. The molecule has 3 aromatic rings. The highest BCUT2D eigenvalue weighted by Crippen LogP contribution is 2.19. The van der Waals surface area contributed by atoms with Gasteiger partial charge in [0, 0.05) is 29.3 Å². The average molecular weight is 428 g/mol. The third-order valence-electron chi connectivity index (χ3n) is 4.44. The molecule has 0 spiro atoms. The number of amides is 1. The number of hydrogen-bond acceptors (Lipinski definition) is 5. The number of sulfone groups is 1. The lowest BCUT2D eigenvalue weighted by molar-refractivity contribution is 0.102. The van der Waals surface area contributed by atoms with Crippen LogP contribution in [-0.2, 0) is 16.4 Å². The number of benzene rings is 2. The molecule has 0 bridgehead atoms. The number of aromatic nitrogens is 2. The van der Waals surface area contributed by atoms with E-state index in [1.54, 1.807) is 30.3 Å². The van der Waals surface area contributed by atoms with Crippen molar-refractivity contribution in [2.75, 3.05) is 23.9 Å². The highest BCUT2D eigenvalue weighted by atomic mass is 32.2. The number of hydrogen-bond donors (Lipinski definition) is 1. The molecule has 0 aliphatic carbocycles. The molecule has 158 valence electrons. The van der Waals surface area contributed by atoms with E-state index in [0.29, 0.717) is 23.5 Å². The van der Waals surface area contributed by atoms with Gasteiger partial charge in [-0.05, 0) is 49.7 Å². The maximum absolute atomic E-state index is 12.7. The first kappa shape index (κ1) is 21.6. The quantitative estimate of drug-likeness (QED) is 0.596. The maximum Gasteiger partial charge on any atom is 0.255 e. The van der Waals surface area contributed by atoms with Crippen LogP contribution in [0, 0.1) is 13.8 Å². The lowest BCUT2D eigenvalue weighted by Crippen LogP contribution is -2.14. The second-order valence-electron chi connectivity index (χ2n) is 7.25. The number of rotatable bonds is 8. The van der Waals surface area contributed by atoms with Crippen LogP contribution in [-0.4, -0.2) is 42.7 Å². The highest BCUT2D eigenvalue weighted by Gasteiger charge is 2.09. The van der Waals surface area contributed by atoms with E-state index in [1.807, 2.05) is 42.8 Å². The van der Waals surface area contributed by atoms with Crippen LogP contribution in [0.1, 0.15) is 27.3 Å². The van der Waals surface area contributed by atoms with Gasteiger partial charge < -0.3 is 10.1 Å². The minimum absolute atomic E-state index is 0.0601. The van der Waals surface area contributed by atoms with Crippen LogP contribution in [0.3, 0.4) is 0 Å². The Kier molecular flexibility index (Phi) is 6.56. The predicted octanol–water partition coefficient (Wildman–Crippen LogP) is 3.22. The van der Waals surface area contributed by atoms with Gasteiger partial charge in [-0.25, -0.2) is 8.42 Å². The smallest absolute Gasteiger partial charge is 0.255 e. The van der Waals surface area contributed by atoms with E-state index < -0.39 is 9.84 Å². The number of carbonyl (C=O) groups excluding carboxylic acids is 1. The number of nitrogens with zero attached hydrogens (tertiary/aromatic N) is 2. The molecule has 0 unspecified atom stereocenters. The molecule has 1 amide bonds. The van der Waals surface area contributed by atoms with E-state index in [4.69, 9.17) is 4.74 Å². The minimum Gasteiger partial charge on any atom is -0.492 e. The van der Waals surface area contributed by atoms with Crippen LogP contribution in [0.25, 0.3) is 0 Å². The van der Waals surface area contributed by atoms with Gasteiger partial charge >= 0.3 is 0 Å². The van der Waals surface area contributed by atoms with Gasteiger partial charge in [0.1, 0.15) is 12.4 Å². The lowest BCUT2D eigenvalue weighted by atomic mass is 10.1. The first-order chi connectivity index (χ1) is 14.2. The van der Waals surface area contributed by atoms with Gasteiger partial charge in [0.15, 0.2) is 9.84 Å². The molecule has 0 aliphatic heterocycles. The van der Waals surface area contributed by atoms with Gasteiger partial charge in [0.2, 0.25) is 0 Å². The Labute approximate surface area is 176 Å². The van der Waals surface area contributed by atoms with Crippen LogP contribution in [0.5, 0.6) is 5.75 Å². The molecule has 30 heavy (non-hydrogen) atoms. The largest absolute Gasteiger partial charge is 0.492 e. The third-order valence-corrected chi connectivity index (χ3v) is 5.35. The summed E-state index contributed by atoms with van der Waals surface area (Å²) in [5, 5.41) is 7.31. The molecule has 3 rings (SSSR count). The summed E-state index contributed by atoms with van der Waals surface area (Å²) in [6.07, 6.45) is 1.16. The Morgan fingerprint density at radius 2 is 1.87 bits per heavy atom. The van der Waals surface area contributed by atoms with E-state index in [-0.39, 0.29) is 18.3 Å². The van der Waals surface area contributed by atoms with E-state index in [0.717, 1.165) is 23.2 Å². The molecular formula is C22H25N3O4S. The Morgan fingerprint density at radius 1 is 1.10 bits per heavy atom. The number of ether oxygens (including phenoxy) is 1. The molecule has 1 N–H and O–H groups in total. The normalized spacial score (nSPS) is 11.3. The molecule has 7 nitrogen and oxygen atoms in total. The zero-order chi connectivity index (χ0) is 21.7. The summed E-state index contributed by atoms with van der Waals surface area (Å²) in [7, 11) is -3.09. The van der Waals surface area contributed by atoms with Gasteiger partial charge in [0.05, 0.1) is 18.0 Å². The van der Waals surface area contributed by atoms with Crippen molar-refractivity contribution in [1.29, 1.82) is 0 Å². The van der Waals surface area contributed by atoms with Gasteiger partial charge in [-0.1, -0.05) is 18.2 Å². The molecule has 0 saturated heterocycles. The Balaban J connectivity index is 1.66. The van der Waals surface area contributed by atoms with E-state index in [2.05, 4.69) is 10.4 Å². The maximum atomic E-state index is 12.7. The Bertz CT molecular complexity index is 1150. The first-order valence-corrected chi connectivity index (χ1v) is 11.6. The number of aryl methyl sites for hydroxylation is 2. The second-order valence-corrected chi connectivity index (χ2v) is 9.51. The van der Waals surface area contributed by atoms with Crippen LogP contribution >= 0.6 is 0 Å². The van der Waals surface area contributed by atoms with Crippen LogP contribution in [0.2, 0.25) is 0 Å². The second kappa shape index (κ2) is 9.13. The van der Waals surface area contributed by atoms with Crippen LogP contribution in [0.15, 0.2) is 54.6 Å². The summed E-state index contributed by atoms with van der Waals surface area (Å²) in [6, 6.07) is 16.3. The van der Waals surface area contributed by atoms with Gasteiger partial charge in [0.25, 0.3) is 5.91 Å². The lowest BCUT2D eigenvalue weighted by Gasteiger charge is -2.10. The molecular weight excluding hydrogens is 402 g/mol. The summed E-state index contributed by atoms with van der Waals surface area (Å²) in [5.74, 6) is 0.194. The van der Waals surface area contributed by atoms with Gasteiger partial charge in [-0.3, -0.25) is 9.48 Å². The topological polar surface area (TPSA) is 90.3 Å². The summed E-state index contributed by atoms with van der Waals surface area (Å²) >= 11 is 0. The monoisotopic (exact) mass is 427 g/mol. The molecule has 0 aliphatic rings. The zero-order valence-electron chi connectivity index (χ0n) is 17.3. The molecule has 0 fully saturated rings. The third kappa shape index (κ3) is 6.18. The summed E-state index contributed by atoms with van der Waals surface area (Å²) in [4.78, 5) is 12.7. The number of carbonyl (C=O) groups is 1. The van der Waals surface area contributed by atoms with Crippen molar-refractivity contribution >= 4 is 21.4 Å². The Morgan fingerprint density at radius 3 is 2.57 bits per heavy atom. The molecule has 0 radical (unpaired) electrons. The zero-order valence-corrected chi connectivity index (χ0v) is 18.1.